The molecule has 3 rings (SSSR count). The van der Waals surface area contributed by atoms with Gasteiger partial charge in [0.1, 0.15) is 0 Å². The molecule has 27 heavy (non-hydrogen) atoms. The zero-order valence-electron chi connectivity index (χ0n) is 16.1. The van der Waals surface area contributed by atoms with E-state index in [1.165, 1.54) is 4.57 Å². The van der Waals surface area contributed by atoms with Crippen molar-refractivity contribution in [3.05, 3.63) is 35.5 Å². The number of fused-ring (bicyclic) bond motifs is 1. The van der Waals surface area contributed by atoms with Crippen LogP contribution in [0.25, 0.3) is 10.9 Å². The minimum atomic E-state index is -0.534. The minimum absolute atomic E-state index is 0.0817. The van der Waals surface area contributed by atoms with Crippen molar-refractivity contribution in [2.75, 3.05) is 38.9 Å². The third-order valence-electron chi connectivity index (χ3n) is 4.71. The highest BCUT2D eigenvalue weighted by Crippen LogP contribution is 2.25. The van der Waals surface area contributed by atoms with Gasteiger partial charge >= 0.3 is 12.1 Å². The van der Waals surface area contributed by atoms with Gasteiger partial charge in [-0.15, -0.1) is 0 Å². The first-order valence-electron chi connectivity index (χ1n) is 9.12. The van der Waals surface area contributed by atoms with Crippen molar-refractivity contribution < 1.29 is 19.1 Å². The average Bonchev–Trinajstić information content (AvgIpc) is 3.27. The molecule has 1 aromatic carbocycles. The molecule has 0 bridgehead atoms. The number of benzene rings is 1. The SMILES string of the molecule is Cc1ccc2c(c1)c(CCN(C)C)cn2C(=O)OCOC(=O)C1CCSC1. The summed E-state index contributed by atoms with van der Waals surface area (Å²) in [6.45, 7) is 2.57. The molecule has 0 radical (unpaired) electrons. The van der Waals surface area contributed by atoms with Gasteiger partial charge in [-0.3, -0.25) is 9.36 Å². The number of aromatic nitrogens is 1. The van der Waals surface area contributed by atoms with Gasteiger partial charge in [-0.1, -0.05) is 11.6 Å². The van der Waals surface area contributed by atoms with Crippen molar-refractivity contribution in [2.45, 2.75) is 19.8 Å². The van der Waals surface area contributed by atoms with E-state index in [9.17, 15) is 9.59 Å². The predicted molar refractivity (Wildman–Crippen MR) is 107 cm³/mol. The van der Waals surface area contributed by atoms with E-state index in [0.717, 1.165) is 52.9 Å². The van der Waals surface area contributed by atoms with Crippen LogP contribution < -0.4 is 0 Å². The maximum atomic E-state index is 12.5. The summed E-state index contributed by atoms with van der Waals surface area (Å²) < 4.78 is 11.8. The summed E-state index contributed by atoms with van der Waals surface area (Å²) in [6.07, 6.45) is 2.95. The van der Waals surface area contributed by atoms with Gasteiger partial charge in [0.25, 0.3) is 0 Å². The maximum absolute atomic E-state index is 12.5. The maximum Gasteiger partial charge on any atom is 0.421 e. The highest BCUT2D eigenvalue weighted by molar-refractivity contribution is 7.99. The van der Waals surface area contributed by atoms with E-state index in [1.807, 2.05) is 39.3 Å². The first-order chi connectivity index (χ1) is 13.0. The Morgan fingerprint density at radius 1 is 1.30 bits per heavy atom. The number of ether oxygens (including phenoxy) is 2. The molecule has 0 N–H and O–H groups in total. The lowest BCUT2D eigenvalue weighted by atomic mass is 10.1. The first-order valence-corrected chi connectivity index (χ1v) is 10.3. The first kappa shape index (κ1) is 19.8. The summed E-state index contributed by atoms with van der Waals surface area (Å²) in [4.78, 5) is 26.6. The van der Waals surface area contributed by atoms with Crippen LogP contribution in [0.15, 0.2) is 24.4 Å². The summed E-state index contributed by atoms with van der Waals surface area (Å²) in [5, 5.41) is 1.05. The van der Waals surface area contributed by atoms with Gasteiger partial charge in [-0.2, -0.15) is 11.8 Å². The van der Waals surface area contributed by atoms with E-state index < -0.39 is 6.09 Å². The highest BCUT2D eigenvalue weighted by Gasteiger charge is 2.25. The quantitative estimate of drug-likeness (QED) is 0.557. The van der Waals surface area contributed by atoms with Crippen LogP contribution in [0.3, 0.4) is 0 Å². The minimum Gasteiger partial charge on any atom is -0.428 e. The second-order valence-electron chi connectivity index (χ2n) is 7.15. The molecule has 1 aliphatic rings. The van der Waals surface area contributed by atoms with Crippen molar-refractivity contribution >= 4 is 34.7 Å². The van der Waals surface area contributed by atoms with Gasteiger partial charge in [0.2, 0.25) is 6.79 Å². The summed E-state index contributed by atoms with van der Waals surface area (Å²) >= 11 is 1.74. The topological polar surface area (TPSA) is 60.8 Å². The third kappa shape index (κ3) is 4.84. The van der Waals surface area contributed by atoms with Crippen LogP contribution in [0.5, 0.6) is 0 Å². The van der Waals surface area contributed by atoms with Crippen molar-refractivity contribution in [1.82, 2.24) is 9.47 Å². The number of likely N-dealkylation sites (N-methyl/N-ethyl adjacent to an activating group) is 1. The lowest BCUT2D eigenvalue weighted by Crippen LogP contribution is -2.21. The standard InChI is InChI=1S/C20H26N2O4S/c1-14-4-5-18-17(10-14)15(6-8-21(2)3)11-22(18)20(24)26-13-25-19(23)16-7-9-27-12-16/h4-5,10-11,16H,6-9,12-13H2,1-3H3. The second-order valence-corrected chi connectivity index (χ2v) is 8.30. The fraction of sp³-hybridized carbons (Fsp3) is 0.500. The number of thioether (sulfide) groups is 1. The fourth-order valence-corrected chi connectivity index (χ4v) is 4.36. The van der Waals surface area contributed by atoms with Crippen LogP contribution in [0.2, 0.25) is 0 Å². The number of carbonyl (C=O) groups excluding carboxylic acids is 2. The van der Waals surface area contributed by atoms with Crippen molar-refractivity contribution in [3.63, 3.8) is 0 Å². The van der Waals surface area contributed by atoms with Gasteiger partial charge in [-0.25, -0.2) is 4.79 Å². The molecule has 0 saturated carbocycles. The summed E-state index contributed by atoms with van der Waals surface area (Å²) in [7, 11) is 4.05. The molecule has 0 spiro atoms. The lowest BCUT2D eigenvalue weighted by Gasteiger charge is -2.10. The van der Waals surface area contributed by atoms with Crippen LogP contribution in [-0.4, -0.2) is 60.5 Å². The lowest BCUT2D eigenvalue weighted by molar-refractivity contribution is -0.155. The van der Waals surface area contributed by atoms with E-state index in [4.69, 9.17) is 9.47 Å². The van der Waals surface area contributed by atoms with Crippen LogP contribution in [0.4, 0.5) is 4.79 Å². The Bertz CT molecular complexity index is 825. The zero-order valence-corrected chi connectivity index (χ0v) is 16.9. The summed E-state index contributed by atoms with van der Waals surface area (Å²) in [6, 6.07) is 5.98. The number of carbonyl (C=O) groups is 2. The normalized spacial score (nSPS) is 16.8. The molecular weight excluding hydrogens is 364 g/mol. The molecule has 1 atom stereocenters. The summed E-state index contributed by atoms with van der Waals surface area (Å²) in [5.41, 5.74) is 3.04. The highest BCUT2D eigenvalue weighted by atomic mass is 32.2. The second kappa shape index (κ2) is 8.80. The Hall–Kier alpha value is -1.99. The predicted octanol–water partition coefficient (Wildman–Crippen LogP) is 3.29. The Morgan fingerprint density at radius 3 is 2.81 bits per heavy atom. The zero-order chi connectivity index (χ0) is 19.4. The van der Waals surface area contributed by atoms with E-state index in [0.29, 0.717) is 0 Å². The van der Waals surface area contributed by atoms with Crippen LogP contribution in [-0.2, 0) is 20.7 Å². The Labute approximate surface area is 163 Å². The molecule has 1 fully saturated rings. The van der Waals surface area contributed by atoms with Crippen LogP contribution in [0.1, 0.15) is 17.5 Å². The van der Waals surface area contributed by atoms with Crippen LogP contribution >= 0.6 is 11.8 Å². The van der Waals surface area contributed by atoms with Gasteiger partial charge < -0.3 is 14.4 Å². The van der Waals surface area contributed by atoms with Gasteiger partial charge in [-0.05, 0) is 57.3 Å². The van der Waals surface area contributed by atoms with Crippen molar-refractivity contribution in [3.8, 4) is 0 Å². The van der Waals surface area contributed by atoms with Crippen molar-refractivity contribution in [1.29, 1.82) is 0 Å². The number of rotatable bonds is 6. The molecule has 2 heterocycles. The Kier molecular flexibility index (Phi) is 6.44. The number of nitrogens with zero attached hydrogens (tertiary/aromatic N) is 2. The molecule has 1 aliphatic heterocycles. The van der Waals surface area contributed by atoms with E-state index in [2.05, 4.69) is 11.0 Å². The van der Waals surface area contributed by atoms with Gasteiger partial charge in [0.05, 0.1) is 11.4 Å². The molecule has 6 nitrogen and oxygen atoms in total. The molecule has 0 aliphatic carbocycles. The van der Waals surface area contributed by atoms with E-state index in [1.54, 1.807) is 11.8 Å². The van der Waals surface area contributed by atoms with Crippen LogP contribution in [0, 0.1) is 12.8 Å². The third-order valence-corrected chi connectivity index (χ3v) is 5.88. The van der Waals surface area contributed by atoms with Gasteiger partial charge in [0, 0.05) is 23.9 Å². The fourth-order valence-electron chi connectivity index (χ4n) is 3.15. The van der Waals surface area contributed by atoms with Crippen molar-refractivity contribution in [2.24, 2.45) is 5.92 Å². The Balaban J connectivity index is 1.69. The van der Waals surface area contributed by atoms with E-state index >= 15 is 0 Å². The number of aryl methyl sites for hydroxylation is 1. The average molecular weight is 391 g/mol. The molecule has 2 aromatic rings. The number of esters is 1. The molecule has 146 valence electrons. The number of hydrogen-bond acceptors (Lipinski definition) is 6. The molecule has 7 heteroatoms. The molecule has 0 amide bonds. The molecule has 1 saturated heterocycles. The monoisotopic (exact) mass is 390 g/mol. The number of hydrogen-bond donors (Lipinski definition) is 0. The summed E-state index contributed by atoms with van der Waals surface area (Å²) in [5.74, 6) is 1.39. The smallest absolute Gasteiger partial charge is 0.421 e. The molecule has 1 unspecified atom stereocenters. The Morgan fingerprint density at radius 2 is 2.11 bits per heavy atom. The van der Waals surface area contributed by atoms with E-state index in [-0.39, 0.29) is 18.7 Å². The molecule has 1 aromatic heterocycles. The van der Waals surface area contributed by atoms with Gasteiger partial charge in [0.15, 0.2) is 0 Å². The molecular formula is C20H26N2O4S. The largest absolute Gasteiger partial charge is 0.428 e.